The van der Waals surface area contributed by atoms with E-state index in [4.69, 9.17) is 4.98 Å². The summed E-state index contributed by atoms with van der Waals surface area (Å²) in [7, 11) is 0. The number of pyridine rings is 1. The number of amides is 1. The third-order valence-electron chi connectivity index (χ3n) is 4.48. The maximum Gasteiger partial charge on any atom is 0.230 e. The van der Waals surface area contributed by atoms with Gasteiger partial charge in [-0.05, 0) is 50.7 Å². The molecule has 1 aromatic heterocycles. The maximum absolute atomic E-state index is 12.1. The molecule has 3 nitrogen and oxygen atoms in total. The first-order valence-corrected chi connectivity index (χ1v) is 9.50. The minimum absolute atomic E-state index is 0.120. The minimum Gasteiger partial charge on any atom is -0.353 e. The van der Waals surface area contributed by atoms with Gasteiger partial charge >= 0.3 is 0 Å². The fourth-order valence-electron chi connectivity index (χ4n) is 3.05. The van der Waals surface area contributed by atoms with Gasteiger partial charge in [0.1, 0.15) is 0 Å². The van der Waals surface area contributed by atoms with Crippen LogP contribution in [0, 0.1) is 0 Å². The van der Waals surface area contributed by atoms with Crippen LogP contribution in [-0.2, 0) is 17.6 Å². The van der Waals surface area contributed by atoms with Crippen LogP contribution in [0.1, 0.15) is 44.4 Å². The zero-order valence-electron chi connectivity index (χ0n) is 13.9. The highest BCUT2D eigenvalue weighted by Gasteiger charge is 2.19. The number of thioether (sulfide) groups is 1. The molecule has 122 valence electrons. The largest absolute Gasteiger partial charge is 0.353 e. The number of para-hydroxylation sites is 1. The van der Waals surface area contributed by atoms with Crippen molar-refractivity contribution in [2.75, 3.05) is 5.75 Å². The van der Waals surface area contributed by atoms with Gasteiger partial charge in [0.15, 0.2) is 0 Å². The lowest BCUT2D eigenvalue weighted by molar-refractivity contribution is -0.119. The summed E-state index contributed by atoms with van der Waals surface area (Å²) in [6, 6.07) is 8.54. The van der Waals surface area contributed by atoms with Crippen LogP contribution >= 0.6 is 11.8 Å². The second-order valence-corrected chi connectivity index (χ2v) is 7.24. The van der Waals surface area contributed by atoms with E-state index in [0.717, 1.165) is 24.8 Å². The minimum atomic E-state index is 0.120. The van der Waals surface area contributed by atoms with Gasteiger partial charge in [-0.2, -0.15) is 0 Å². The molecule has 3 rings (SSSR count). The number of hydrogen-bond acceptors (Lipinski definition) is 3. The second-order valence-electron chi connectivity index (χ2n) is 6.26. The third-order valence-corrected chi connectivity index (χ3v) is 5.65. The SMILES string of the molecule is CC[C@@H](C)NC(=O)CSc1c2c(nc3ccccc13)CCCC2. The number of rotatable bonds is 5. The number of nitrogens with one attached hydrogen (secondary N) is 1. The fraction of sp³-hybridized carbons (Fsp3) is 0.474. The molecule has 0 aliphatic heterocycles. The summed E-state index contributed by atoms with van der Waals surface area (Å²) in [4.78, 5) is 18.3. The molecule has 1 atom stereocenters. The van der Waals surface area contributed by atoms with Gasteiger partial charge in [-0.3, -0.25) is 9.78 Å². The Labute approximate surface area is 142 Å². The van der Waals surface area contributed by atoms with E-state index < -0.39 is 0 Å². The summed E-state index contributed by atoms with van der Waals surface area (Å²) in [5, 5.41) is 4.24. The molecule has 0 unspecified atom stereocenters. The van der Waals surface area contributed by atoms with Crippen molar-refractivity contribution in [3.8, 4) is 0 Å². The summed E-state index contributed by atoms with van der Waals surface area (Å²) in [6.45, 7) is 4.14. The Balaban J connectivity index is 1.88. The number of nitrogens with zero attached hydrogens (tertiary/aromatic N) is 1. The molecule has 2 aromatic rings. The lowest BCUT2D eigenvalue weighted by atomic mass is 9.94. The van der Waals surface area contributed by atoms with E-state index in [1.54, 1.807) is 11.8 Å². The molecule has 1 aromatic carbocycles. The molecule has 1 heterocycles. The van der Waals surface area contributed by atoms with Gasteiger partial charge in [-0.15, -0.1) is 11.8 Å². The maximum atomic E-state index is 12.1. The lowest BCUT2D eigenvalue weighted by Gasteiger charge is -2.20. The first kappa shape index (κ1) is 16.3. The number of benzene rings is 1. The third kappa shape index (κ3) is 3.69. The van der Waals surface area contributed by atoms with Crippen molar-refractivity contribution < 1.29 is 4.79 Å². The van der Waals surface area contributed by atoms with Gasteiger partial charge in [0, 0.05) is 22.0 Å². The average Bonchev–Trinajstić information content (AvgIpc) is 2.58. The molecule has 1 amide bonds. The number of carbonyl (C=O) groups excluding carboxylic acids is 1. The molecule has 1 aliphatic rings. The van der Waals surface area contributed by atoms with Crippen molar-refractivity contribution in [3.63, 3.8) is 0 Å². The molecule has 1 aliphatic carbocycles. The van der Waals surface area contributed by atoms with Crippen LogP contribution in [0.3, 0.4) is 0 Å². The Morgan fingerprint density at radius 3 is 2.91 bits per heavy atom. The highest BCUT2D eigenvalue weighted by atomic mass is 32.2. The van der Waals surface area contributed by atoms with Gasteiger partial charge in [-0.25, -0.2) is 0 Å². The zero-order chi connectivity index (χ0) is 16.2. The van der Waals surface area contributed by atoms with Crippen molar-refractivity contribution in [1.82, 2.24) is 10.3 Å². The number of aromatic nitrogens is 1. The smallest absolute Gasteiger partial charge is 0.230 e. The summed E-state index contributed by atoms with van der Waals surface area (Å²) in [5.41, 5.74) is 3.66. The van der Waals surface area contributed by atoms with E-state index in [0.29, 0.717) is 5.75 Å². The summed E-state index contributed by atoms with van der Waals surface area (Å²) in [6.07, 6.45) is 5.55. The molecular weight excluding hydrogens is 304 g/mol. The Bertz CT molecular complexity index is 714. The quantitative estimate of drug-likeness (QED) is 0.840. The normalized spacial score (nSPS) is 15.2. The van der Waals surface area contributed by atoms with E-state index in [1.165, 1.54) is 34.4 Å². The molecule has 0 spiro atoms. The van der Waals surface area contributed by atoms with Crippen molar-refractivity contribution in [2.24, 2.45) is 0 Å². The number of fused-ring (bicyclic) bond motifs is 2. The van der Waals surface area contributed by atoms with Crippen molar-refractivity contribution in [1.29, 1.82) is 0 Å². The highest BCUT2D eigenvalue weighted by molar-refractivity contribution is 8.00. The Kier molecular flexibility index (Phi) is 5.21. The number of carbonyl (C=O) groups is 1. The molecule has 1 N–H and O–H groups in total. The number of aryl methyl sites for hydroxylation is 1. The Morgan fingerprint density at radius 1 is 1.30 bits per heavy atom. The van der Waals surface area contributed by atoms with Crippen LogP contribution in [0.2, 0.25) is 0 Å². The van der Waals surface area contributed by atoms with Crippen LogP contribution in [0.5, 0.6) is 0 Å². The van der Waals surface area contributed by atoms with Gasteiger partial charge in [0.05, 0.1) is 11.3 Å². The van der Waals surface area contributed by atoms with Gasteiger partial charge in [0.25, 0.3) is 0 Å². The standard InChI is InChI=1S/C19H24N2OS/c1-3-13(2)20-18(22)12-23-19-14-8-4-6-10-16(14)21-17-11-7-5-9-15(17)19/h4,6,8,10,13H,3,5,7,9,11-12H2,1-2H3,(H,20,22)/t13-/m1/s1. The van der Waals surface area contributed by atoms with Crippen LogP contribution in [-0.4, -0.2) is 22.7 Å². The molecule has 0 saturated heterocycles. The van der Waals surface area contributed by atoms with Gasteiger partial charge < -0.3 is 5.32 Å². The predicted molar refractivity (Wildman–Crippen MR) is 97.0 cm³/mol. The van der Waals surface area contributed by atoms with Gasteiger partial charge in [-0.1, -0.05) is 25.1 Å². The molecule has 0 saturated carbocycles. The number of hydrogen-bond donors (Lipinski definition) is 1. The zero-order valence-corrected chi connectivity index (χ0v) is 14.7. The van der Waals surface area contributed by atoms with Crippen LogP contribution in [0.25, 0.3) is 10.9 Å². The van der Waals surface area contributed by atoms with Crippen molar-refractivity contribution in [2.45, 2.75) is 56.9 Å². The molecule has 0 fully saturated rings. The van der Waals surface area contributed by atoms with Gasteiger partial charge in [0.2, 0.25) is 5.91 Å². The van der Waals surface area contributed by atoms with Crippen LogP contribution < -0.4 is 5.32 Å². The van der Waals surface area contributed by atoms with E-state index in [2.05, 4.69) is 30.4 Å². The van der Waals surface area contributed by atoms with Crippen LogP contribution in [0.15, 0.2) is 29.2 Å². The van der Waals surface area contributed by atoms with E-state index in [-0.39, 0.29) is 11.9 Å². The predicted octanol–water partition coefficient (Wildman–Crippen LogP) is 4.12. The highest BCUT2D eigenvalue weighted by Crippen LogP contribution is 2.35. The molecule has 0 radical (unpaired) electrons. The molecule has 23 heavy (non-hydrogen) atoms. The fourth-order valence-corrected chi connectivity index (χ4v) is 4.13. The summed E-state index contributed by atoms with van der Waals surface area (Å²) < 4.78 is 0. The Hall–Kier alpha value is -1.55. The van der Waals surface area contributed by atoms with E-state index in [1.807, 2.05) is 13.0 Å². The van der Waals surface area contributed by atoms with Crippen molar-refractivity contribution in [3.05, 3.63) is 35.5 Å². The topological polar surface area (TPSA) is 42.0 Å². The molecular formula is C19H24N2OS. The van der Waals surface area contributed by atoms with Crippen LogP contribution in [0.4, 0.5) is 0 Å². The first-order valence-electron chi connectivity index (χ1n) is 8.51. The molecule has 0 bridgehead atoms. The van der Waals surface area contributed by atoms with E-state index in [9.17, 15) is 4.79 Å². The lowest BCUT2D eigenvalue weighted by Crippen LogP contribution is -2.33. The van der Waals surface area contributed by atoms with E-state index >= 15 is 0 Å². The monoisotopic (exact) mass is 328 g/mol. The summed E-state index contributed by atoms with van der Waals surface area (Å²) in [5.74, 6) is 0.597. The first-order chi connectivity index (χ1) is 11.2. The second kappa shape index (κ2) is 7.35. The Morgan fingerprint density at radius 2 is 2.09 bits per heavy atom. The summed E-state index contributed by atoms with van der Waals surface area (Å²) >= 11 is 1.67. The average molecular weight is 328 g/mol. The molecule has 4 heteroatoms. The van der Waals surface area contributed by atoms with Crippen molar-refractivity contribution >= 4 is 28.6 Å².